The Hall–Kier alpha value is -3.86. The van der Waals surface area contributed by atoms with Crippen LogP contribution in [-0.4, -0.2) is 23.9 Å². The van der Waals surface area contributed by atoms with Gasteiger partial charge < -0.3 is 14.4 Å². The fourth-order valence-electron chi connectivity index (χ4n) is 4.35. The van der Waals surface area contributed by atoms with Crippen molar-refractivity contribution in [2.45, 2.75) is 39.3 Å². The van der Waals surface area contributed by atoms with Crippen molar-refractivity contribution in [1.29, 1.82) is 0 Å². The van der Waals surface area contributed by atoms with Crippen LogP contribution >= 0.6 is 0 Å². The second kappa shape index (κ2) is 10.4. The standard InChI is InChI=1S/C29H29NO4/c1-20-8-7-11-24(16-20)26-17-27(31)30(18-22-12-14-25(33-3)15-13-22)21(2)28(26)29(32)34-19-23-9-5-4-6-10-23/h4-16,26H,17-19H2,1-3H3. The van der Waals surface area contributed by atoms with Crippen molar-refractivity contribution in [3.63, 3.8) is 0 Å². The number of carbonyl (C=O) groups excluding carboxylic acids is 2. The Morgan fingerprint density at radius 2 is 1.68 bits per heavy atom. The molecule has 1 atom stereocenters. The predicted octanol–water partition coefficient (Wildman–Crippen LogP) is 5.54. The second-order valence-electron chi connectivity index (χ2n) is 8.56. The first-order chi connectivity index (χ1) is 16.5. The zero-order chi connectivity index (χ0) is 24.1. The Morgan fingerprint density at radius 3 is 2.35 bits per heavy atom. The van der Waals surface area contributed by atoms with Crippen LogP contribution in [0.25, 0.3) is 0 Å². The smallest absolute Gasteiger partial charge is 0.336 e. The molecule has 0 saturated heterocycles. The Morgan fingerprint density at radius 1 is 0.941 bits per heavy atom. The van der Waals surface area contributed by atoms with E-state index >= 15 is 0 Å². The van der Waals surface area contributed by atoms with Crippen molar-refractivity contribution in [3.8, 4) is 5.75 Å². The molecular formula is C29H29NO4. The lowest BCUT2D eigenvalue weighted by atomic mass is 9.83. The lowest BCUT2D eigenvalue weighted by molar-refractivity contribution is -0.141. The summed E-state index contributed by atoms with van der Waals surface area (Å²) < 4.78 is 11.0. The molecular weight excluding hydrogens is 426 g/mol. The number of carbonyl (C=O) groups is 2. The van der Waals surface area contributed by atoms with Gasteiger partial charge in [-0.1, -0.05) is 72.3 Å². The van der Waals surface area contributed by atoms with Crippen molar-refractivity contribution >= 4 is 11.9 Å². The second-order valence-corrected chi connectivity index (χ2v) is 8.56. The molecule has 4 rings (SSSR count). The highest BCUT2D eigenvalue weighted by atomic mass is 16.5. The monoisotopic (exact) mass is 455 g/mol. The number of rotatable bonds is 7. The Balaban J connectivity index is 1.67. The molecule has 1 amide bonds. The van der Waals surface area contributed by atoms with Crippen molar-refractivity contribution in [3.05, 3.63) is 112 Å². The molecule has 1 heterocycles. The maximum Gasteiger partial charge on any atom is 0.336 e. The first-order valence-corrected chi connectivity index (χ1v) is 11.4. The number of allylic oxidation sites excluding steroid dienone is 1. The third-order valence-corrected chi connectivity index (χ3v) is 6.20. The molecule has 5 nitrogen and oxygen atoms in total. The molecule has 3 aromatic carbocycles. The topological polar surface area (TPSA) is 55.8 Å². The zero-order valence-electron chi connectivity index (χ0n) is 19.8. The van der Waals surface area contributed by atoms with E-state index in [1.54, 1.807) is 12.0 Å². The highest BCUT2D eigenvalue weighted by molar-refractivity contribution is 5.95. The van der Waals surface area contributed by atoms with E-state index in [0.29, 0.717) is 17.8 Å². The summed E-state index contributed by atoms with van der Waals surface area (Å²) in [5.41, 5.74) is 5.08. The number of nitrogens with zero attached hydrogens (tertiary/aromatic N) is 1. The van der Waals surface area contributed by atoms with Crippen LogP contribution in [0.4, 0.5) is 0 Å². The van der Waals surface area contributed by atoms with E-state index in [1.165, 1.54) is 0 Å². The summed E-state index contributed by atoms with van der Waals surface area (Å²) in [6.07, 6.45) is 0.215. The van der Waals surface area contributed by atoms with Gasteiger partial charge in [-0.05, 0) is 42.7 Å². The summed E-state index contributed by atoms with van der Waals surface area (Å²) >= 11 is 0. The van der Waals surface area contributed by atoms with Gasteiger partial charge in [0.25, 0.3) is 0 Å². The summed E-state index contributed by atoms with van der Waals surface area (Å²) in [4.78, 5) is 28.4. The maximum absolute atomic E-state index is 13.4. The Kier molecular flexibility index (Phi) is 7.12. The van der Waals surface area contributed by atoms with Gasteiger partial charge in [0.15, 0.2) is 0 Å². The first-order valence-electron chi connectivity index (χ1n) is 11.4. The van der Waals surface area contributed by atoms with Crippen LogP contribution in [0.2, 0.25) is 0 Å². The molecule has 5 heteroatoms. The molecule has 0 spiro atoms. The Labute approximate surface area is 200 Å². The number of hydrogen-bond acceptors (Lipinski definition) is 4. The van der Waals surface area contributed by atoms with Crippen LogP contribution in [0.1, 0.15) is 41.5 Å². The summed E-state index contributed by atoms with van der Waals surface area (Å²) in [6.45, 7) is 4.41. The van der Waals surface area contributed by atoms with E-state index in [-0.39, 0.29) is 30.8 Å². The molecule has 1 unspecified atom stereocenters. The van der Waals surface area contributed by atoms with E-state index in [0.717, 1.165) is 28.0 Å². The van der Waals surface area contributed by atoms with Gasteiger partial charge in [0, 0.05) is 18.0 Å². The number of ether oxygens (including phenoxy) is 2. The molecule has 1 aliphatic rings. The normalized spacial score (nSPS) is 15.9. The van der Waals surface area contributed by atoms with Gasteiger partial charge in [-0.3, -0.25) is 4.79 Å². The van der Waals surface area contributed by atoms with Gasteiger partial charge in [0.2, 0.25) is 5.91 Å². The maximum atomic E-state index is 13.4. The van der Waals surface area contributed by atoms with Gasteiger partial charge in [-0.25, -0.2) is 4.79 Å². The molecule has 0 fully saturated rings. The van der Waals surface area contributed by atoms with Gasteiger partial charge in [-0.15, -0.1) is 0 Å². The molecule has 0 radical (unpaired) electrons. The van der Waals surface area contributed by atoms with Gasteiger partial charge in [0.1, 0.15) is 12.4 Å². The number of esters is 1. The van der Waals surface area contributed by atoms with Gasteiger partial charge in [-0.2, -0.15) is 0 Å². The average Bonchev–Trinajstić information content (AvgIpc) is 2.85. The fourth-order valence-corrected chi connectivity index (χ4v) is 4.35. The lowest BCUT2D eigenvalue weighted by Crippen LogP contribution is -2.38. The minimum atomic E-state index is -0.389. The SMILES string of the molecule is COc1ccc(CN2C(=O)CC(c3cccc(C)c3)C(C(=O)OCc3ccccc3)=C2C)cc1. The van der Waals surface area contributed by atoms with Crippen LogP contribution in [-0.2, 0) is 27.5 Å². The molecule has 0 saturated carbocycles. The first kappa shape index (κ1) is 23.3. The summed E-state index contributed by atoms with van der Waals surface area (Å²) in [7, 11) is 1.62. The number of benzene rings is 3. The number of hydrogen-bond donors (Lipinski definition) is 0. The molecule has 0 aliphatic carbocycles. The summed E-state index contributed by atoms with van der Waals surface area (Å²) in [5, 5.41) is 0. The highest BCUT2D eigenvalue weighted by Crippen LogP contribution is 2.38. The van der Waals surface area contributed by atoms with E-state index in [4.69, 9.17) is 9.47 Å². The van der Waals surface area contributed by atoms with Crippen molar-refractivity contribution in [2.24, 2.45) is 0 Å². The Bertz CT molecular complexity index is 1200. The molecule has 0 aromatic heterocycles. The highest BCUT2D eigenvalue weighted by Gasteiger charge is 2.37. The van der Waals surface area contributed by atoms with Gasteiger partial charge in [0.05, 0.1) is 19.2 Å². The molecule has 174 valence electrons. The molecule has 1 aliphatic heterocycles. The number of aryl methyl sites for hydroxylation is 1. The molecule has 0 bridgehead atoms. The number of methoxy groups -OCH3 is 1. The summed E-state index contributed by atoms with van der Waals surface area (Å²) in [6, 6.07) is 25.2. The minimum absolute atomic E-state index is 0.0144. The lowest BCUT2D eigenvalue weighted by Gasteiger charge is -2.34. The van der Waals surface area contributed by atoms with E-state index in [9.17, 15) is 9.59 Å². The largest absolute Gasteiger partial charge is 0.497 e. The number of amides is 1. The molecule has 34 heavy (non-hydrogen) atoms. The van der Waals surface area contributed by atoms with E-state index in [1.807, 2.05) is 92.7 Å². The van der Waals surface area contributed by atoms with Crippen LogP contribution in [0.15, 0.2) is 90.1 Å². The summed E-state index contributed by atoms with van der Waals surface area (Å²) in [5.74, 6) is 0.00740. The fraction of sp³-hybridized carbons (Fsp3) is 0.241. The van der Waals surface area contributed by atoms with Crippen molar-refractivity contribution in [1.82, 2.24) is 4.90 Å². The molecule has 0 N–H and O–H groups in total. The van der Waals surface area contributed by atoms with Crippen molar-refractivity contribution in [2.75, 3.05) is 7.11 Å². The minimum Gasteiger partial charge on any atom is -0.497 e. The van der Waals surface area contributed by atoms with Crippen molar-refractivity contribution < 1.29 is 19.1 Å². The zero-order valence-corrected chi connectivity index (χ0v) is 19.8. The van der Waals surface area contributed by atoms with Crippen LogP contribution in [0, 0.1) is 6.92 Å². The third-order valence-electron chi connectivity index (χ3n) is 6.20. The van der Waals surface area contributed by atoms with Crippen LogP contribution in [0.5, 0.6) is 5.75 Å². The van der Waals surface area contributed by atoms with Gasteiger partial charge >= 0.3 is 5.97 Å². The van der Waals surface area contributed by atoms with Crippen LogP contribution < -0.4 is 4.74 Å². The average molecular weight is 456 g/mol. The molecule has 3 aromatic rings. The predicted molar refractivity (Wildman–Crippen MR) is 131 cm³/mol. The third kappa shape index (κ3) is 5.20. The van der Waals surface area contributed by atoms with Crippen LogP contribution in [0.3, 0.4) is 0 Å². The van der Waals surface area contributed by atoms with E-state index < -0.39 is 0 Å². The quantitative estimate of drug-likeness (QED) is 0.439. The van der Waals surface area contributed by atoms with E-state index in [2.05, 4.69) is 0 Å².